The number of aryl methyl sites for hydroxylation is 2. The van der Waals surface area contributed by atoms with Crippen molar-refractivity contribution in [2.24, 2.45) is 4.99 Å². The molecule has 0 unspecified atom stereocenters. The van der Waals surface area contributed by atoms with E-state index < -0.39 is 11.6 Å². The molecule has 2 aromatic heterocycles. The van der Waals surface area contributed by atoms with Crippen LogP contribution in [0.15, 0.2) is 47.6 Å². The number of nitrogens with one attached hydrogen (secondary N) is 1. The number of aliphatic imine (C=N–C) groups is 1. The molecule has 0 amide bonds. The predicted molar refractivity (Wildman–Crippen MR) is 137 cm³/mol. The fraction of sp³-hybridized carbons (Fsp3) is 0.348. The standard InChI is InChI=1S/C23H27F2N7.HI/c1-16-12-17(2)32(29-16)22-7-4-18(14-27-22)15-28-23(26-3)31-10-8-30(9-11-31)21-13-19(24)5-6-20(21)25;/h4-7,12-14H,8-11,15H2,1-3H3,(H,26,28);1H. The van der Waals surface area contributed by atoms with E-state index in [0.29, 0.717) is 38.4 Å². The lowest BCUT2D eigenvalue weighted by Gasteiger charge is -2.37. The van der Waals surface area contributed by atoms with Crippen molar-refractivity contribution < 1.29 is 8.78 Å². The zero-order chi connectivity index (χ0) is 22.7. The Morgan fingerprint density at radius 3 is 2.42 bits per heavy atom. The van der Waals surface area contributed by atoms with Gasteiger partial charge in [0.15, 0.2) is 11.8 Å². The molecule has 4 rings (SSSR count). The van der Waals surface area contributed by atoms with E-state index >= 15 is 0 Å². The van der Waals surface area contributed by atoms with Crippen LogP contribution in [0.5, 0.6) is 0 Å². The molecule has 0 bridgehead atoms. The van der Waals surface area contributed by atoms with Crippen LogP contribution in [-0.2, 0) is 6.54 Å². The Labute approximate surface area is 209 Å². The highest BCUT2D eigenvalue weighted by Crippen LogP contribution is 2.22. The molecule has 1 aliphatic rings. The van der Waals surface area contributed by atoms with Crippen LogP contribution in [-0.4, -0.2) is 58.9 Å². The lowest BCUT2D eigenvalue weighted by molar-refractivity contribution is 0.370. The van der Waals surface area contributed by atoms with E-state index in [1.54, 1.807) is 7.05 Å². The summed E-state index contributed by atoms with van der Waals surface area (Å²) in [5.74, 6) is 0.717. The first-order valence-corrected chi connectivity index (χ1v) is 10.6. The molecule has 3 aromatic rings. The van der Waals surface area contributed by atoms with Gasteiger partial charge in [0.2, 0.25) is 0 Å². The van der Waals surface area contributed by atoms with Gasteiger partial charge in [0.25, 0.3) is 0 Å². The SMILES string of the molecule is CN=C(NCc1ccc(-n2nc(C)cc2C)nc1)N1CCN(c2cc(F)ccc2F)CC1.I. The minimum atomic E-state index is -0.432. The molecule has 1 aliphatic heterocycles. The predicted octanol–water partition coefficient (Wildman–Crippen LogP) is 3.68. The molecule has 0 spiro atoms. The van der Waals surface area contributed by atoms with Crippen LogP contribution in [0.4, 0.5) is 14.5 Å². The normalized spacial score (nSPS) is 14.3. The van der Waals surface area contributed by atoms with E-state index in [2.05, 4.69) is 25.3 Å². The molecule has 3 heterocycles. The van der Waals surface area contributed by atoms with Gasteiger partial charge >= 0.3 is 0 Å². The third kappa shape index (κ3) is 5.79. The van der Waals surface area contributed by atoms with Gasteiger partial charge < -0.3 is 15.1 Å². The molecule has 0 aliphatic carbocycles. The Morgan fingerprint density at radius 2 is 1.82 bits per heavy atom. The van der Waals surface area contributed by atoms with E-state index in [1.165, 1.54) is 12.1 Å². The highest BCUT2D eigenvalue weighted by atomic mass is 127. The number of rotatable bonds is 4. The van der Waals surface area contributed by atoms with E-state index in [1.807, 2.05) is 47.8 Å². The summed E-state index contributed by atoms with van der Waals surface area (Å²) >= 11 is 0. The van der Waals surface area contributed by atoms with Crippen molar-refractivity contribution in [1.82, 2.24) is 25.0 Å². The van der Waals surface area contributed by atoms with E-state index in [0.717, 1.165) is 34.8 Å². The summed E-state index contributed by atoms with van der Waals surface area (Å²) in [5.41, 5.74) is 3.33. The second-order valence-corrected chi connectivity index (χ2v) is 7.83. The molecule has 10 heteroatoms. The monoisotopic (exact) mass is 567 g/mol. The van der Waals surface area contributed by atoms with Crippen molar-refractivity contribution in [3.05, 3.63) is 71.2 Å². The van der Waals surface area contributed by atoms with Crippen LogP contribution < -0.4 is 10.2 Å². The van der Waals surface area contributed by atoms with Crippen LogP contribution >= 0.6 is 24.0 Å². The Balaban J connectivity index is 0.00000306. The molecule has 1 saturated heterocycles. The molecule has 0 atom stereocenters. The first-order chi connectivity index (χ1) is 15.4. The minimum absolute atomic E-state index is 0. The summed E-state index contributed by atoms with van der Waals surface area (Å²) < 4.78 is 29.4. The molecular formula is C23H28F2IN7. The zero-order valence-electron chi connectivity index (χ0n) is 18.9. The fourth-order valence-electron chi connectivity index (χ4n) is 3.91. The fourth-order valence-corrected chi connectivity index (χ4v) is 3.91. The largest absolute Gasteiger partial charge is 0.366 e. The molecule has 176 valence electrons. The number of anilines is 1. The number of benzene rings is 1. The maximum atomic E-state index is 14.1. The topological polar surface area (TPSA) is 61.6 Å². The van der Waals surface area contributed by atoms with Gasteiger partial charge in [-0.2, -0.15) is 5.10 Å². The number of guanidine groups is 1. The van der Waals surface area contributed by atoms with Gasteiger partial charge in [-0.05, 0) is 43.7 Å². The van der Waals surface area contributed by atoms with Crippen LogP contribution in [0.2, 0.25) is 0 Å². The maximum Gasteiger partial charge on any atom is 0.194 e. The molecule has 0 radical (unpaired) electrons. The quantitative estimate of drug-likeness (QED) is 0.296. The first-order valence-electron chi connectivity index (χ1n) is 10.6. The third-order valence-corrected chi connectivity index (χ3v) is 5.53. The van der Waals surface area contributed by atoms with Crippen molar-refractivity contribution >= 4 is 35.6 Å². The number of piperazine rings is 1. The van der Waals surface area contributed by atoms with E-state index in [9.17, 15) is 8.78 Å². The van der Waals surface area contributed by atoms with Crippen molar-refractivity contribution in [1.29, 1.82) is 0 Å². The number of halogens is 3. The number of aromatic nitrogens is 3. The second kappa shape index (κ2) is 10.9. The lowest BCUT2D eigenvalue weighted by Crippen LogP contribution is -2.52. The Kier molecular flexibility index (Phi) is 8.22. The maximum absolute atomic E-state index is 14.1. The number of hydrogen-bond acceptors (Lipinski definition) is 4. The van der Waals surface area contributed by atoms with Gasteiger partial charge in [-0.1, -0.05) is 6.07 Å². The zero-order valence-corrected chi connectivity index (χ0v) is 21.3. The Morgan fingerprint density at radius 1 is 1.06 bits per heavy atom. The number of hydrogen-bond donors (Lipinski definition) is 1. The van der Waals surface area contributed by atoms with Gasteiger partial charge in [-0.3, -0.25) is 4.99 Å². The molecule has 1 fully saturated rings. The molecule has 1 N–H and O–H groups in total. The molecular weight excluding hydrogens is 539 g/mol. The van der Waals surface area contributed by atoms with Gasteiger partial charge in [-0.25, -0.2) is 18.4 Å². The smallest absolute Gasteiger partial charge is 0.194 e. The van der Waals surface area contributed by atoms with Crippen LogP contribution in [0, 0.1) is 25.5 Å². The van der Waals surface area contributed by atoms with E-state index in [-0.39, 0.29) is 24.0 Å². The van der Waals surface area contributed by atoms with Gasteiger partial charge in [0, 0.05) is 57.7 Å². The van der Waals surface area contributed by atoms with Gasteiger partial charge in [0.05, 0.1) is 11.4 Å². The summed E-state index contributed by atoms with van der Waals surface area (Å²) in [4.78, 5) is 12.9. The summed E-state index contributed by atoms with van der Waals surface area (Å²) in [7, 11) is 1.74. The average Bonchev–Trinajstić information content (AvgIpc) is 3.14. The summed E-state index contributed by atoms with van der Waals surface area (Å²) in [6, 6.07) is 9.55. The summed E-state index contributed by atoms with van der Waals surface area (Å²) in [5, 5.41) is 7.83. The highest BCUT2D eigenvalue weighted by molar-refractivity contribution is 14.0. The van der Waals surface area contributed by atoms with Crippen LogP contribution in [0.1, 0.15) is 17.0 Å². The lowest BCUT2D eigenvalue weighted by atomic mass is 10.2. The average molecular weight is 567 g/mol. The van der Waals surface area contributed by atoms with Crippen LogP contribution in [0.25, 0.3) is 5.82 Å². The molecule has 1 aromatic carbocycles. The number of pyridine rings is 1. The minimum Gasteiger partial charge on any atom is -0.366 e. The first kappa shape index (κ1) is 24.9. The van der Waals surface area contributed by atoms with Gasteiger partial charge in [-0.15, -0.1) is 24.0 Å². The molecule has 33 heavy (non-hydrogen) atoms. The number of nitrogens with zero attached hydrogens (tertiary/aromatic N) is 6. The van der Waals surface area contributed by atoms with Crippen molar-refractivity contribution in [2.75, 3.05) is 38.1 Å². The Bertz CT molecular complexity index is 1110. The molecule has 7 nitrogen and oxygen atoms in total. The summed E-state index contributed by atoms with van der Waals surface area (Å²) in [6.07, 6.45) is 1.83. The summed E-state index contributed by atoms with van der Waals surface area (Å²) in [6.45, 7) is 7.02. The highest BCUT2D eigenvalue weighted by Gasteiger charge is 2.22. The molecule has 0 saturated carbocycles. The van der Waals surface area contributed by atoms with Crippen molar-refractivity contribution in [3.8, 4) is 5.82 Å². The van der Waals surface area contributed by atoms with Gasteiger partial charge in [0.1, 0.15) is 11.6 Å². The third-order valence-electron chi connectivity index (χ3n) is 5.53. The second-order valence-electron chi connectivity index (χ2n) is 7.83. The van der Waals surface area contributed by atoms with Crippen LogP contribution in [0.3, 0.4) is 0 Å². The van der Waals surface area contributed by atoms with Crippen molar-refractivity contribution in [2.45, 2.75) is 20.4 Å². The van der Waals surface area contributed by atoms with Crippen molar-refractivity contribution in [3.63, 3.8) is 0 Å². The van der Waals surface area contributed by atoms with E-state index in [4.69, 9.17) is 0 Å². The Hall–Kier alpha value is -2.76.